The van der Waals surface area contributed by atoms with Gasteiger partial charge in [0.1, 0.15) is 11.5 Å². The number of rotatable bonds is 9. The number of benzene rings is 2. The largest absolute Gasteiger partial charge is 0.497 e. The zero-order valence-corrected chi connectivity index (χ0v) is 18.3. The molecule has 0 aliphatic rings. The number of ether oxygens (including phenoxy) is 2. The molecule has 0 heterocycles. The van der Waals surface area contributed by atoms with Gasteiger partial charge in [-0.25, -0.2) is 0 Å². The van der Waals surface area contributed by atoms with Crippen LogP contribution in [0.4, 0.5) is 0 Å². The van der Waals surface area contributed by atoms with E-state index in [0.717, 1.165) is 22.6 Å². The molecule has 2 aromatic rings. The average molecular weight is 445 g/mol. The zero-order valence-electron chi connectivity index (χ0n) is 16.7. The van der Waals surface area contributed by atoms with Gasteiger partial charge in [-0.05, 0) is 59.8 Å². The second-order valence-electron chi connectivity index (χ2n) is 5.84. The smallest absolute Gasteiger partial charge is 0.187 e. The van der Waals surface area contributed by atoms with Gasteiger partial charge in [-0.3, -0.25) is 10.9 Å². The lowest BCUT2D eigenvalue weighted by Crippen LogP contribution is -2.32. The molecular formula is C20H24N6O2S2. The van der Waals surface area contributed by atoms with Gasteiger partial charge >= 0.3 is 0 Å². The van der Waals surface area contributed by atoms with E-state index in [1.54, 1.807) is 14.2 Å². The van der Waals surface area contributed by atoms with Crippen LogP contribution in [0.1, 0.15) is 11.1 Å². The van der Waals surface area contributed by atoms with Gasteiger partial charge in [-0.1, -0.05) is 24.3 Å². The van der Waals surface area contributed by atoms with Gasteiger partial charge in [0.05, 0.1) is 26.6 Å². The summed E-state index contributed by atoms with van der Waals surface area (Å²) in [5.41, 5.74) is 7.56. The highest BCUT2D eigenvalue weighted by atomic mass is 32.1. The summed E-state index contributed by atoms with van der Waals surface area (Å²) in [5.74, 6) is 1.62. The lowest BCUT2D eigenvalue weighted by Gasteiger charge is -2.08. The maximum absolute atomic E-state index is 5.16. The molecule has 2 rings (SSSR count). The number of thiocarbonyl (C=S) groups is 2. The molecular weight excluding hydrogens is 420 g/mol. The van der Waals surface area contributed by atoms with Gasteiger partial charge in [0.25, 0.3) is 0 Å². The molecule has 0 bridgehead atoms. The molecule has 10 heteroatoms. The molecule has 0 fully saturated rings. The van der Waals surface area contributed by atoms with Crippen LogP contribution in [-0.2, 0) is 13.1 Å². The molecule has 8 nitrogen and oxygen atoms in total. The summed E-state index contributed by atoms with van der Waals surface area (Å²) in [6.07, 6.45) is 2.92. The molecule has 2 aromatic carbocycles. The van der Waals surface area contributed by atoms with Crippen LogP contribution in [0, 0.1) is 0 Å². The van der Waals surface area contributed by atoms with Crippen LogP contribution in [0.25, 0.3) is 0 Å². The zero-order chi connectivity index (χ0) is 21.6. The SMILES string of the molecule is COc1ccc(CNC(=S)NN=C/C=N/NC(=S)NCc2ccc(OC)cc2)cc1. The fourth-order valence-electron chi connectivity index (χ4n) is 2.19. The molecule has 30 heavy (non-hydrogen) atoms. The Bertz CT molecular complexity index is 796. The molecule has 0 aliphatic carbocycles. The quantitative estimate of drug-likeness (QED) is 0.266. The van der Waals surface area contributed by atoms with E-state index in [-0.39, 0.29) is 0 Å². The molecule has 0 unspecified atom stereocenters. The minimum absolute atomic E-state index is 0.403. The van der Waals surface area contributed by atoms with Crippen molar-refractivity contribution in [2.45, 2.75) is 13.1 Å². The van der Waals surface area contributed by atoms with Crippen molar-refractivity contribution in [2.24, 2.45) is 10.2 Å². The van der Waals surface area contributed by atoms with Crippen LogP contribution >= 0.6 is 24.4 Å². The first kappa shape index (κ1) is 23.0. The Morgan fingerprint density at radius 2 is 1.10 bits per heavy atom. The Morgan fingerprint density at radius 1 is 0.733 bits per heavy atom. The Hall–Kier alpha value is -3.24. The Balaban J connectivity index is 1.59. The summed E-state index contributed by atoms with van der Waals surface area (Å²) in [6.45, 7) is 1.16. The second-order valence-corrected chi connectivity index (χ2v) is 6.66. The molecule has 0 saturated carbocycles. The Morgan fingerprint density at radius 3 is 1.43 bits per heavy atom. The molecule has 0 amide bonds. The van der Waals surface area contributed by atoms with E-state index in [1.165, 1.54) is 12.4 Å². The third-order valence-electron chi connectivity index (χ3n) is 3.77. The monoisotopic (exact) mass is 444 g/mol. The highest BCUT2D eigenvalue weighted by molar-refractivity contribution is 7.80. The van der Waals surface area contributed by atoms with Gasteiger partial charge in [-0.2, -0.15) is 10.2 Å². The molecule has 158 valence electrons. The molecule has 0 aromatic heterocycles. The van der Waals surface area contributed by atoms with E-state index in [2.05, 4.69) is 31.7 Å². The number of hydrogen-bond acceptors (Lipinski definition) is 6. The highest BCUT2D eigenvalue weighted by Crippen LogP contribution is 2.11. The fraction of sp³-hybridized carbons (Fsp3) is 0.200. The summed E-state index contributed by atoms with van der Waals surface area (Å²) in [6, 6.07) is 15.4. The molecule has 0 radical (unpaired) electrons. The Labute approximate surface area is 186 Å². The summed E-state index contributed by atoms with van der Waals surface area (Å²) >= 11 is 10.3. The van der Waals surface area contributed by atoms with Crippen LogP contribution in [-0.4, -0.2) is 36.9 Å². The van der Waals surface area contributed by atoms with Crippen LogP contribution in [0.5, 0.6) is 11.5 Å². The highest BCUT2D eigenvalue weighted by Gasteiger charge is 1.97. The van der Waals surface area contributed by atoms with Crippen molar-refractivity contribution < 1.29 is 9.47 Å². The summed E-state index contributed by atoms with van der Waals surface area (Å²) in [4.78, 5) is 0. The average Bonchev–Trinajstić information content (AvgIpc) is 2.79. The van der Waals surface area contributed by atoms with Gasteiger partial charge < -0.3 is 20.1 Å². The van der Waals surface area contributed by atoms with Gasteiger partial charge in [0.2, 0.25) is 0 Å². The fourth-order valence-corrected chi connectivity index (χ4v) is 2.44. The van der Waals surface area contributed by atoms with E-state index in [9.17, 15) is 0 Å². The predicted octanol–water partition coefficient (Wildman–Crippen LogP) is 2.30. The molecule has 0 saturated heterocycles. The van der Waals surface area contributed by atoms with Crippen LogP contribution in [0.15, 0.2) is 58.7 Å². The molecule has 0 aliphatic heterocycles. The van der Waals surface area contributed by atoms with E-state index in [1.807, 2.05) is 48.5 Å². The van der Waals surface area contributed by atoms with Crippen LogP contribution in [0.3, 0.4) is 0 Å². The van der Waals surface area contributed by atoms with Gasteiger partial charge in [-0.15, -0.1) is 0 Å². The topological polar surface area (TPSA) is 91.3 Å². The maximum Gasteiger partial charge on any atom is 0.187 e. The van der Waals surface area contributed by atoms with E-state index in [0.29, 0.717) is 23.3 Å². The number of hydrogen-bond donors (Lipinski definition) is 4. The predicted molar refractivity (Wildman–Crippen MR) is 128 cm³/mol. The summed E-state index contributed by atoms with van der Waals surface area (Å²) in [7, 11) is 3.27. The van der Waals surface area contributed by atoms with Crippen molar-refractivity contribution >= 4 is 47.1 Å². The van der Waals surface area contributed by atoms with Crippen molar-refractivity contribution in [3.05, 3.63) is 59.7 Å². The second kappa shape index (κ2) is 13.1. The number of methoxy groups -OCH3 is 2. The van der Waals surface area contributed by atoms with Gasteiger partial charge in [0, 0.05) is 13.1 Å². The number of nitrogens with zero attached hydrogens (tertiary/aromatic N) is 2. The third kappa shape index (κ3) is 8.84. The van der Waals surface area contributed by atoms with Crippen LogP contribution < -0.4 is 31.0 Å². The lowest BCUT2D eigenvalue weighted by molar-refractivity contribution is 0.414. The minimum atomic E-state index is 0.403. The first-order valence-electron chi connectivity index (χ1n) is 8.99. The van der Waals surface area contributed by atoms with E-state index >= 15 is 0 Å². The number of nitrogens with one attached hydrogen (secondary N) is 4. The van der Waals surface area contributed by atoms with Crippen molar-refractivity contribution in [1.82, 2.24) is 21.5 Å². The van der Waals surface area contributed by atoms with Crippen molar-refractivity contribution in [1.29, 1.82) is 0 Å². The van der Waals surface area contributed by atoms with Crippen molar-refractivity contribution in [2.75, 3.05) is 14.2 Å². The normalized spacial score (nSPS) is 10.6. The summed E-state index contributed by atoms with van der Waals surface area (Å²) in [5, 5.41) is 14.8. The number of hydrazone groups is 2. The van der Waals surface area contributed by atoms with Gasteiger partial charge in [0.15, 0.2) is 10.2 Å². The van der Waals surface area contributed by atoms with Crippen molar-refractivity contribution in [3.8, 4) is 11.5 Å². The van der Waals surface area contributed by atoms with Crippen LogP contribution in [0.2, 0.25) is 0 Å². The minimum Gasteiger partial charge on any atom is -0.497 e. The first-order valence-corrected chi connectivity index (χ1v) is 9.80. The van der Waals surface area contributed by atoms with Crippen molar-refractivity contribution in [3.63, 3.8) is 0 Å². The van der Waals surface area contributed by atoms with E-state index in [4.69, 9.17) is 33.9 Å². The molecule has 4 N–H and O–H groups in total. The summed E-state index contributed by atoms with van der Waals surface area (Å²) < 4.78 is 10.3. The third-order valence-corrected chi connectivity index (χ3v) is 4.24. The first-order chi connectivity index (χ1) is 14.6. The maximum atomic E-state index is 5.16. The molecule has 0 spiro atoms. The standard InChI is InChI=1S/C20H24N6O2S2/c1-27-17-7-3-15(4-8-17)13-21-19(29)25-23-11-12-24-26-20(30)22-14-16-5-9-18(28-2)10-6-16/h3-12H,13-14H2,1-2H3,(H2,21,25,29)(H2,22,26,30)/b23-11+,24-12?. The lowest BCUT2D eigenvalue weighted by atomic mass is 10.2. The van der Waals surface area contributed by atoms with E-state index < -0.39 is 0 Å². The Kier molecular flexibility index (Phi) is 10.0. The molecule has 0 atom stereocenters.